The summed E-state index contributed by atoms with van der Waals surface area (Å²) in [5, 5.41) is 0. The highest BCUT2D eigenvalue weighted by Gasteiger charge is 2.09. The van der Waals surface area contributed by atoms with Crippen LogP contribution in [-0.4, -0.2) is 0 Å². The predicted molar refractivity (Wildman–Crippen MR) is 120 cm³/mol. The molecule has 0 aliphatic heterocycles. The van der Waals surface area contributed by atoms with Crippen molar-refractivity contribution in [3.63, 3.8) is 0 Å². The second-order valence-electron chi connectivity index (χ2n) is 5.94. The van der Waals surface area contributed by atoms with E-state index in [0.717, 1.165) is 0 Å². The molecule has 27 heavy (non-hydrogen) atoms. The van der Waals surface area contributed by atoms with E-state index in [0.29, 0.717) is 0 Å². The van der Waals surface area contributed by atoms with Crippen molar-refractivity contribution in [3.05, 3.63) is 105 Å². The number of benzene rings is 2. The van der Waals surface area contributed by atoms with Crippen LogP contribution in [0.1, 0.15) is 0 Å². The van der Waals surface area contributed by atoms with Gasteiger partial charge in [0.15, 0.2) is 24.8 Å². The molecule has 0 amide bonds. The zero-order chi connectivity index (χ0) is 17.9. The van der Waals surface area contributed by atoms with Crippen LogP contribution in [0.4, 0.5) is 0 Å². The van der Waals surface area contributed by atoms with Crippen LogP contribution >= 0.6 is 45.2 Å². The molecule has 0 aliphatic rings. The molecule has 0 atom stereocenters. The van der Waals surface area contributed by atoms with Crippen molar-refractivity contribution in [3.8, 4) is 22.5 Å². The van der Waals surface area contributed by atoms with Crippen molar-refractivity contribution in [2.75, 3.05) is 0 Å². The van der Waals surface area contributed by atoms with Crippen LogP contribution in [-0.2, 0) is 0 Å². The van der Waals surface area contributed by atoms with Crippen LogP contribution in [0.2, 0.25) is 0 Å². The van der Waals surface area contributed by atoms with Gasteiger partial charge in [0.05, 0.1) is 0 Å². The van der Waals surface area contributed by atoms with Gasteiger partial charge in [-0.15, -0.1) is 0 Å². The zero-order valence-electron chi connectivity index (χ0n) is 14.3. The van der Waals surface area contributed by atoms with E-state index in [9.17, 15) is 0 Å². The average molecular weight is 598 g/mol. The summed E-state index contributed by atoms with van der Waals surface area (Å²) in [6, 6.07) is 25.6. The lowest BCUT2D eigenvalue weighted by Gasteiger charge is -2.01. The second kappa shape index (κ2) is 9.12. The molecule has 4 rings (SSSR count). The Morgan fingerprint density at radius 1 is 0.444 bits per heavy atom. The number of aromatic nitrogens is 2. The van der Waals surface area contributed by atoms with Crippen molar-refractivity contribution < 1.29 is 21.5 Å². The summed E-state index contributed by atoms with van der Waals surface area (Å²) in [4.78, 5) is 0. The normalized spacial score (nSPS) is 10.3. The summed E-state index contributed by atoms with van der Waals surface area (Å²) in [7, 11) is 0. The Hall–Kier alpha value is -1.51. The number of hydrogen-bond acceptors (Lipinski definition) is 0. The summed E-state index contributed by atoms with van der Waals surface area (Å²) in [6.45, 7) is 0. The van der Waals surface area contributed by atoms with E-state index < -0.39 is 0 Å². The number of hydrogen-bond donors (Lipinski definition) is 0. The summed E-state index contributed by atoms with van der Waals surface area (Å²) in [5.41, 5.74) is 4.76. The maximum absolute atomic E-state index is 2.33. The fourth-order valence-electron chi connectivity index (χ4n) is 2.81. The number of rotatable bonds is 3. The van der Waals surface area contributed by atoms with Gasteiger partial charge in [-0.2, -0.15) is 9.13 Å². The first-order chi connectivity index (χ1) is 12.7. The molecule has 0 saturated carbocycles. The molecule has 2 aromatic heterocycles. The predicted octanol–water partition coefficient (Wildman–Crippen LogP) is 2.12. The maximum Gasteiger partial charge on any atom is 0.210 e. The largest absolute Gasteiger partial charge is 1.00 e. The van der Waals surface area contributed by atoms with Crippen LogP contribution in [0.5, 0.6) is 0 Å². The highest BCUT2D eigenvalue weighted by atomic mass is 127. The van der Waals surface area contributed by atoms with Crippen LogP contribution < -0.4 is 21.5 Å². The lowest BCUT2D eigenvalue weighted by atomic mass is 10.1. The Balaban J connectivity index is 0.00000210. The third kappa shape index (κ3) is 4.86. The molecule has 0 spiro atoms. The van der Waals surface area contributed by atoms with Gasteiger partial charge in [0.2, 0.25) is 11.4 Å². The Morgan fingerprint density at radius 2 is 0.741 bits per heavy atom. The first-order valence-electron chi connectivity index (χ1n) is 8.24. The molecule has 0 unspecified atom stereocenters. The SMILES string of the molecule is Ic1ccc(-[n+]2ccc(-c3cc[n+](-c4ccc(I)cc4)cc3)cc2)cc1.[Cl-]. The smallest absolute Gasteiger partial charge is 0.210 e. The number of nitrogens with zero attached hydrogens (tertiary/aromatic N) is 2. The molecular weight excluding hydrogens is 582 g/mol. The second-order valence-corrected chi connectivity index (χ2v) is 8.43. The quantitative estimate of drug-likeness (QED) is 0.253. The summed E-state index contributed by atoms with van der Waals surface area (Å²) in [5.74, 6) is 0. The third-order valence-electron chi connectivity index (χ3n) is 4.24. The molecule has 134 valence electrons. The Bertz CT molecular complexity index is 927. The molecule has 0 bridgehead atoms. The summed E-state index contributed by atoms with van der Waals surface area (Å²) in [6.07, 6.45) is 8.44. The summed E-state index contributed by atoms with van der Waals surface area (Å²) < 4.78 is 6.76. The van der Waals surface area contributed by atoms with Crippen LogP contribution in [0.15, 0.2) is 97.6 Å². The monoisotopic (exact) mass is 597 g/mol. The molecule has 5 heteroatoms. The van der Waals surface area contributed by atoms with Gasteiger partial charge >= 0.3 is 0 Å². The van der Waals surface area contributed by atoms with Gasteiger partial charge in [-0.1, -0.05) is 0 Å². The van der Waals surface area contributed by atoms with E-state index in [4.69, 9.17) is 0 Å². The van der Waals surface area contributed by atoms with E-state index in [1.165, 1.54) is 29.6 Å². The van der Waals surface area contributed by atoms with Gasteiger partial charge in [0.1, 0.15) is 0 Å². The van der Waals surface area contributed by atoms with Crippen LogP contribution in [0.25, 0.3) is 22.5 Å². The van der Waals surface area contributed by atoms with E-state index >= 15 is 0 Å². The minimum Gasteiger partial charge on any atom is -1.00 e. The molecule has 0 N–H and O–H groups in total. The highest BCUT2D eigenvalue weighted by Crippen LogP contribution is 2.17. The number of halogens is 3. The lowest BCUT2D eigenvalue weighted by Crippen LogP contribution is -3.00. The zero-order valence-corrected chi connectivity index (χ0v) is 19.3. The molecule has 2 nitrogen and oxygen atoms in total. The molecule has 0 saturated heterocycles. The Kier molecular flexibility index (Phi) is 6.83. The average Bonchev–Trinajstić information content (AvgIpc) is 2.70. The molecule has 0 aliphatic carbocycles. The topological polar surface area (TPSA) is 7.76 Å². The van der Waals surface area contributed by atoms with Gasteiger partial charge < -0.3 is 12.4 Å². The lowest BCUT2D eigenvalue weighted by molar-refractivity contribution is -0.596. The van der Waals surface area contributed by atoms with Crippen molar-refractivity contribution in [2.45, 2.75) is 0 Å². The molecule has 2 aromatic carbocycles. The Morgan fingerprint density at radius 3 is 1.04 bits per heavy atom. The van der Waals surface area contributed by atoms with E-state index in [1.807, 2.05) is 0 Å². The van der Waals surface area contributed by atoms with Gasteiger partial charge in [-0.25, -0.2) is 0 Å². The Labute approximate surface area is 192 Å². The fraction of sp³-hybridized carbons (Fsp3) is 0. The van der Waals surface area contributed by atoms with E-state index in [2.05, 4.69) is 152 Å². The standard InChI is InChI=1S/C22H16I2N2.ClH/c23-19-1-5-21(6-2-19)25-13-9-17(10-14-25)18-11-15-26(16-12-18)22-7-3-20(24)4-8-22;/h1-16H;1H/q+2;/p-1. The van der Waals surface area contributed by atoms with Gasteiger partial charge in [-0.05, 0) is 80.6 Å². The first-order valence-corrected chi connectivity index (χ1v) is 10.4. The van der Waals surface area contributed by atoms with Crippen molar-refractivity contribution in [1.82, 2.24) is 0 Å². The highest BCUT2D eigenvalue weighted by molar-refractivity contribution is 14.1. The molecule has 4 aromatic rings. The van der Waals surface area contributed by atoms with Crippen LogP contribution in [0.3, 0.4) is 0 Å². The first kappa shape index (κ1) is 20.2. The summed E-state index contributed by atoms with van der Waals surface area (Å²) >= 11 is 4.65. The third-order valence-corrected chi connectivity index (χ3v) is 5.68. The van der Waals surface area contributed by atoms with E-state index in [-0.39, 0.29) is 12.4 Å². The van der Waals surface area contributed by atoms with Gasteiger partial charge in [0, 0.05) is 55.7 Å². The van der Waals surface area contributed by atoms with Crippen molar-refractivity contribution >= 4 is 45.2 Å². The van der Waals surface area contributed by atoms with Gasteiger partial charge in [-0.3, -0.25) is 0 Å². The number of pyridine rings is 2. The maximum atomic E-state index is 2.33. The molecular formula is C22H16ClI2N2+. The molecule has 0 fully saturated rings. The minimum atomic E-state index is 0. The molecule has 2 heterocycles. The van der Waals surface area contributed by atoms with Gasteiger partial charge in [0.25, 0.3) is 0 Å². The fourth-order valence-corrected chi connectivity index (χ4v) is 3.53. The van der Waals surface area contributed by atoms with Crippen molar-refractivity contribution in [2.24, 2.45) is 0 Å². The minimum absolute atomic E-state index is 0. The van der Waals surface area contributed by atoms with Crippen LogP contribution in [0, 0.1) is 7.14 Å². The van der Waals surface area contributed by atoms with E-state index in [1.54, 1.807) is 0 Å². The van der Waals surface area contributed by atoms with Crippen molar-refractivity contribution in [1.29, 1.82) is 0 Å². The molecule has 0 radical (unpaired) electrons.